The van der Waals surface area contributed by atoms with Gasteiger partial charge in [0.1, 0.15) is 12.6 Å². The number of benzene rings is 2. The third-order valence-electron chi connectivity index (χ3n) is 5.29. The van der Waals surface area contributed by atoms with Crippen molar-refractivity contribution < 1.29 is 18.0 Å². The highest BCUT2D eigenvalue weighted by atomic mass is 79.9. The molecule has 0 aliphatic carbocycles. The lowest BCUT2D eigenvalue weighted by Gasteiger charge is -2.31. The largest absolute Gasteiger partial charge is 0.354 e. The van der Waals surface area contributed by atoms with Gasteiger partial charge in [0.2, 0.25) is 21.8 Å². The van der Waals surface area contributed by atoms with E-state index in [9.17, 15) is 18.0 Å². The van der Waals surface area contributed by atoms with E-state index in [4.69, 9.17) is 0 Å². The fourth-order valence-corrected chi connectivity index (χ4v) is 4.63. The van der Waals surface area contributed by atoms with Crippen LogP contribution in [0.5, 0.6) is 0 Å². The van der Waals surface area contributed by atoms with Crippen LogP contribution in [-0.2, 0) is 26.2 Å². The molecule has 0 spiro atoms. The number of rotatable bonds is 10. The minimum Gasteiger partial charge on any atom is -0.354 e. The molecule has 9 heteroatoms. The zero-order valence-electron chi connectivity index (χ0n) is 20.6. The Bertz CT molecular complexity index is 1100. The molecule has 2 aromatic rings. The summed E-state index contributed by atoms with van der Waals surface area (Å²) in [4.78, 5) is 27.8. The Morgan fingerprint density at radius 1 is 1.00 bits per heavy atom. The number of carbonyl (C=O) groups is 2. The molecule has 0 aliphatic heterocycles. The van der Waals surface area contributed by atoms with Gasteiger partial charge in [-0.2, -0.15) is 0 Å². The molecule has 0 saturated heterocycles. The van der Waals surface area contributed by atoms with E-state index >= 15 is 0 Å². The molecule has 2 aromatic carbocycles. The Labute approximate surface area is 211 Å². The van der Waals surface area contributed by atoms with Crippen molar-refractivity contribution in [3.05, 3.63) is 63.6 Å². The zero-order chi connectivity index (χ0) is 25.6. The summed E-state index contributed by atoms with van der Waals surface area (Å²) in [5.74, 6) is -0.478. The lowest BCUT2D eigenvalue weighted by atomic mass is 10.1. The molecule has 2 rings (SSSR count). The van der Waals surface area contributed by atoms with Crippen LogP contribution in [0.25, 0.3) is 0 Å². The number of anilines is 1. The van der Waals surface area contributed by atoms with Gasteiger partial charge in [0.15, 0.2) is 0 Å². The first kappa shape index (κ1) is 27.9. The molecular formula is C25H34BrN3O4S. The van der Waals surface area contributed by atoms with Gasteiger partial charge in [-0.05, 0) is 67.6 Å². The first-order chi connectivity index (χ1) is 15.8. The molecular weight excluding hydrogens is 518 g/mol. The zero-order valence-corrected chi connectivity index (χ0v) is 23.0. The normalized spacial score (nSPS) is 12.4. The lowest BCUT2D eigenvalue weighted by molar-refractivity contribution is -0.139. The van der Waals surface area contributed by atoms with E-state index in [-0.39, 0.29) is 18.4 Å². The number of hydrogen-bond acceptors (Lipinski definition) is 4. The van der Waals surface area contributed by atoms with E-state index in [0.717, 1.165) is 31.7 Å². The second-order valence-electron chi connectivity index (χ2n) is 9.08. The molecule has 0 heterocycles. The van der Waals surface area contributed by atoms with Crippen molar-refractivity contribution in [3.63, 3.8) is 0 Å². The van der Waals surface area contributed by atoms with Crippen LogP contribution in [0, 0.1) is 19.8 Å². The first-order valence-electron chi connectivity index (χ1n) is 11.2. The third-order valence-corrected chi connectivity index (χ3v) is 6.96. The fraction of sp³-hybridized carbons (Fsp3) is 0.440. The van der Waals surface area contributed by atoms with Crippen LogP contribution in [0.1, 0.15) is 37.5 Å². The van der Waals surface area contributed by atoms with Crippen LogP contribution in [0.3, 0.4) is 0 Å². The average Bonchev–Trinajstić information content (AvgIpc) is 2.73. The van der Waals surface area contributed by atoms with Gasteiger partial charge in [0.05, 0.1) is 11.9 Å². The molecule has 0 bridgehead atoms. The van der Waals surface area contributed by atoms with Crippen molar-refractivity contribution in [2.45, 2.75) is 47.2 Å². The highest BCUT2D eigenvalue weighted by molar-refractivity contribution is 9.10. The lowest BCUT2D eigenvalue weighted by Crippen LogP contribution is -2.51. The summed E-state index contributed by atoms with van der Waals surface area (Å²) in [5.41, 5.74) is 3.04. The average molecular weight is 553 g/mol. The maximum atomic E-state index is 13.5. The fourth-order valence-electron chi connectivity index (χ4n) is 3.53. The Morgan fingerprint density at radius 3 is 2.06 bits per heavy atom. The van der Waals surface area contributed by atoms with Crippen LogP contribution < -0.4 is 9.62 Å². The molecule has 1 atom stereocenters. The van der Waals surface area contributed by atoms with Crippen LogP contribution in [0.4, 0.5) is 5.69 Å². The van der Waals surface area contributed by atoms with Gasteiger partial charge in [-0.25, -0.2) is 8.42 Å². The van der Waals surface area contributed by atoms with Crippen LogP contribution in [-0.4, -0.2) is 50.5 Å². The van der Waals surface area contributed by atoms with E-state index in [0.29, 0.717) is 12.2 Å². The van der Waals surface area contributed by atoms with Gasteiger partial charge in [-0.3, -0.25) is 13.9 Å². The minimum atomic E-state index is -3.75. The number of amides is 2. The molecule has 7 nitrogen and oxygen atoms in total. The van der Waals surface area contributed by atoms with Gasteiger partial charge in [0.25, 0.3) is 0 Å². The molecule has 186 valence electrons. The summed E-state index contributed by atoms with van der Waals surface area (Å²) >= 11 is 3.40. The summed E-state index contributed by atoms with van der Waals surface area (Å²) in [6, 6.07) is 12.1. The van der Waals surface area contributed by atoms with Gasteiger partial charge < -0.3 is 10.2 Å². The monoisotopic (exact) mass is 551 g/mol. The summed E-state index contributed by atoms with van der Waals surface area (Å²) in [5, 5.41) is 2.87. The van der Waals surface area contributed by atoms with E-state index in [2.05, 4.69) is 21.2 Å². The summed E-state index contributed by atoms with van der Waals surface area (Å²) in [6.45, 7) is 9.65. The van der Waals surface area contributed by atoms with E-state index in [1.165, 1.54) is 4.90 Å². The Kier molecular flexibility index (Phi) is 9.70. The number of halogens is 1. The topological polar surface area (TPSA) is 86.8 Å². The molecule has 0 radical (unpaired) electrons. The van der Waals surface area contributed by atoms with Crippen molar-refractivity contribution in [3.8, 4) is 0 Å². The molecule has 0 unspecified atom stereocenters. The summed E-state index contributed by atoms with van der Waals surface area (Å²) in [7, 11) is -3.75. The molecule has 2 amide bonds. The predicted octanol–water partition coefficient (Wildman–Crippen LogP) is 4.02. The number of carbonyl (C=O) groups excluding carboxylic acids is 2. The van der Waals surface area contributed by atoms with Gasteiger partial charge >= 0.3 is 0 Å². The van der Waals surface area contributed by atoms with Gasteiger partial charge in [0, 0.05) is 17.6 Å². The van der Waals surface area contributed by atoms with Crippen LogP contribution >= 0.6 is 15.9 Å². The van der Waals surface area contributed by atoms with Gasteiger partial charge in [-0.15, -0.1) is 0 Å². The first-order valence-corrected chi connectivity index (χ1v) is 13.8. The maximum Gasteiger partial charge on any atom is 0.244 e. The molecule has 0 fully saturated rings. The quantitative estimate of drug-likeness (QED) is 0.483. The van der Waals surface area contributed by atoms with E-state index < -0.39 is 28.5 Å². The second-order valence-corrected chi connectivity index (χ2v) is 11.9. The maximum absolute atomic E-state index is 13.5. The number of nitrogens with one attached hydrogen (secondary N) is 1. The van der Waals surface area contributed by atoms with Crippen molar-refractivity contribution in [1.82, 2.24) is 10.2 Å². The van der Waals surface area contributed by atoms with Crippen molar-refractivity contribution >= 4 is 43.5 Å². The van der Waals surface area contributed by atoms with E-state index in [1.807, 2.05) is 58.0 Å². The van der Waals surface area contributed by atoms with Crippen LogP contribution in [0.2, 0.25) is 0 Å². The Morgan fingerprint density at radius 2 is 1.56 bits per heavy atom. The highest BCUT2D eigenvalue weighted by Crippen LogP contribution is 2.22. The predicted molar refractivity (Wildman–Crippen MR) is 140 cm³/mol. The highest BCUT2D eigenvalue weighted by Gasteiger charge is 2.30. The molecule has 1 N–H and O–H groups in total. The number of sulfonamides is 1. The van der Waals surface area contributed by atoms with Crippen molar-refractivity contribution in [2.75, 3.05) is 23.7 Å². The Hall–Kier alpha value is -2.39. The molecule has 34 heavy (non-hydrogen) atoms. The van der Waals surface area contributed by atoms with Crippen LogP contribution in [0.15, 0.2) is 46.9 Å². The summed E-state index contributed by atoms with van der Waals surface area (Å²) in [6.07, 6.45) is 1.08. The number of nitrogens with zero attached hydrogens (tertiary/aromatic N) is 2. The molecule has 0 aliphatic rings. The minimum absolute atomic E-state index is 0.173. The van der Waals surface area contributed by atoms with Crippen molar-refractivity contribution in [2.24, 2.45) is 5.92 Å². The smallest absolute Gasteiger partial charge is 0.244 e. The standard InChI is InChI=1S/C25H34BrN3O4S/c1-17(2)14-27-25(31)20(5)28(15-21-7-9-22(26)10-8-21)24(30)16-29(34(6,32)33)23-12-18(3)11-19(4)13-23/h7-13,17,20H,14-16H2,1-6H3,(H,27,31)/t20-/m0/s1. The van der Waals surface area contributed by atoms with Crippen molar-refractivity contribution in [1.29, 1.82) is 0 Å². The summed E-state index contributed by atoms with van der Waals surface area (Å²) < 4.78 is 27.3. The second kappa shape index (κ2) is 11.8. The Balaban J connectivity index is 2.39. The number of aryl methyl sites for hydroxylation is 2. The SMILES string of the molecule is Cc1cc(C)cc(N(CC(=O)N(Cc2ccc(Br)cc2)[C@@H](C)C(=O)NCC(C)C)S(C)(=O)=O)c1. The molecule has 0 aromatic heterocycles. The third kappa shape index (κ3) is 8.13. The van der Waals surface area contributed by atoms with Gasteiger partial charge in [-0.1, -0.05) is 48.0 Å². The molecule has 0 saturated carbocycles. The van der Waals surface area contributed by atoms with E-state index in [1.54, 1.807) is 19.1 Å². The number of hydrogen-bond donors (Lipinski definition) is 1.